The van der Waals surface area contributed by atoms with Gasteiger partial charge in [-0.05, 0) is 32.4 Å². The van der Waals surface area contributed by atoms with Gasteiger partial charge in [-0.15, -0.1) is 0 Å². The van der Waals surface area contributed by atoms with Crippen LogP contribution in [0.3, 0.4) is 0 Å². The van der Waals surface area contributed by atoms with Crippen LogP contribution in [0.5, 0.6) is 0 Å². The Morgan fingerprint density at radius 2 is 2.15 bits per heavy atom. The van der Waals surface area contributed by atoms with E-state index in [9.17, 15) is 9.90 Å². The van der Waals surface area contributed by atoms with Crippen molar-refractivity contribution in [2.24, 2.45) is 7.05 Å². The van der Waals surface area contributed by atoms with Crippen LogP contribution in [0.2, 0.25) is 0 Å². The molecule has 0 radical (unpaired) electrons. The molecule has 2 aliphatic heterocycles. The molecule has 20 heavy (non-hydrogen) atoms. The highest BCUT2D eigenvalue weighted by Crippen LogP contribution is 2.25. The van der Waals surface area contributed by atoms with Crippen molar-refractivity contribution in [1.82, 2.24) is 19.4 Å². The molecular weight excluding hydrogens is 256 g/mol. The molecule has 3 rings (SSSR count). The Morgan fingerprint density at radius 1 is 1.40 bits per heavy atom. The van der Waals surface area contributed by atoms with Crippen LogP contribution in [-0.4, -0.2) is 68.7 Å². The number of likely N-dealkylation sites (tertiary alicyclic amines) is 2. The Balaban J connectivity index is 1.63. The number of carbonyl (C=O) groups is 1. The zero-order valence-electron chi connectivity index (χ0n) is 12.0. The van der Waals surface area contributed by atoms with Gasteiger partial charge in [-0.1, -0.05) is 0 Å². The summed E-state index contributed by atoms with van der Waals surface area (Å²) in [6, 6.07) is 0. The number of aryl methyl sites for hydroxylation is 1. The normalized spacial score (nSPS) is 27.4. The zero-order valence-corrected chi connectivity index (χ0v) is 12.0. The molecule has 1 N–H and O–H groups in total. The number of hydrogen-bond acceptors (Lipinski definition) is 4. The van der Waals surface area contributed by atoms with Crippen LogP contribution < -0.4 is 0 Å². The van der Waals surface area contributed by atoms with Crippen LogP contribution in [0, 0.1) is 0 Å². The van der Waals surface area contributed by atoms with Crippen molar-refractivity contribution in [2.45, 2.75) is 24.9 Å². The summed E-state index contributed by atoms with van der Waals surface area (Å²) in [4.78, 5) is 20.5. The van der Waals surface area contributed by atoms with Crippen molar-refractivity contribution in [3.63, 3.8) is 0 Å². The van der Waals surface area contributed by atoms with E-state index in [2.05, 4.69) is 9.88 Å². The molecule has 1 atom stereocenters. The first kappa shape index (κ1) is 13.6. The van der Waals surface area contributed by atoms with E-state index in [0.717, 1.165) is 13.1 Å². The molecular formula is C14H22N4O2. The lowest BCUT2D eigenvalue weighted by Gasteiger charge is -2.28. The van der Waals surface area contributed by atoms with Gasteiger partial charge in [-0.3, -0.25) is 4.79 Å². The minimum absolute atomic E-state index is 0.0881. The van der Waals surface area contributed by atoms with E-state index in [1.165, 1.54) is 12.8 Å². The molecule has 3 heterocycles. The van der Waals surface area contributed by atoms with E-state index < -0.39 is 5.60 Å². The molecule has 0 bridgehead atoms. The fourth-order valence-corrected chi connectivity index (χ4v) is 3.23. The van der Waals surface area contributed by atoms with E-state index >= 15 is 0 Å². The molecule has 1 aromatic heterocycles. The molecule has 0 aromatic carbocycles. The lowest BCUT2D eigenvalue weighted by Crippen LogP contribution is -2.45. The van der Waals surface area contributed by atoms with Crippen LogP contribution in [0.4, 0.5) is 0 Å². The molecule has 110 valence electrons. The predicted molar refractivity (Wildman–Crippen MR) is 74.4 cm³/mol. The maximum absolute atomic E-state index is 12.4. The van der Waals surface area contributed by atoms with E-state index in [-0.39, 0.29) is 5.91 Å². The Hall–Kier alpha value is -1.40. The van der Waals surface area contributed by atoms with Crippen molar-refractivity contribution in [2.75, 3.05) is 32.7 Å². The highest BCUT2D eigenvalue weighted by Gasteiger charge is 2.40. The second kappa shape index (κ2) is 5.18. The second-order valence-electron chi connectivity index (χ2n) is 6.05. The third-order valence-electron chi connectivity index (χ3n) is 4.35. The standard InChI is InChI=1S/C14H22N4O2/c1-16-9-5-15-12(16)13(19)18-8-4-14(20,11-18)10-17-6-2-3-7-17/h5,9,20H,2-4,6-8,10-11H2,1H3/t14-/m1/s1. The molecule has 1 amide bonds. The lowest BCUT2D eigenvalue weighted by atomic mass is 10.0. The number of hydrogen-bond donors (Lipinski definition) is 1. The Labute approximate surface area is 119 Å². The van der Waals surface area contributed by atoms with Gasteiger partial charge in [0.25, 0.3) is 5.91 Å². The van der Waals surface area contributed by atoms with Gasteiger partial charge in [0.15, 0.2) is 5.82 Å². The summed E-state index contributed by atoms with van der Waals surface area (Å²) in [6.45, 7) is 3.83. The SMILES string of the molecule is Cn1ccnc1C(=O)N1CC[C@@](O)(CN2CCCC2)C1. The van der Waals surface area contributed by atoms with Crippen LogP contribution in [0.1, 0.15) is 29.9 Å². The summed E-state index contributed by atoms with van der Waals surface area (Å²) >= 11 is 0. The predicted octanol–water partition coefficient (Wildman–Crippen LogP) is 0.0929. The summed E-state index contributed by atoms with van der Waals surface area (Å²) in [5.74, 6) is 0.352. The van der Waals surface area contributed by atoms with Crippen molar-refractivity contribution in [3.05, 3.63) is 18.2 Å². The summed E-state index contributed by atoms with van der Waals surface area (Å²) in [6.07, 6.45) is 6.47. The summed E-state index contributed by atoms with van der Waals surface area (Å²) in [5, 5.41) is 10.7. The van der Waals surface area contributed by atoms with Crippen LogP contribution >= 0.6 is 0 Å². The molecule has 2 aliphatic rings. The first-order valence-corrected chi connectivity index (χ1v) is 7.29. The Bertz CT molecular complexity index is 495. The average molecular weight is 278 g/mol. The summed E-state index contributed by atoms with van der Waals surface area (Å²) in [7, 11) is 1.81. The first-order chi connectivity index (χ1) is 9.57. The number of nitrogens with zero attached hydrogens (tertiary/aromatic N) is 4. The highest BCUT2D eigenvalue weighted by atomic mass is 16.3. The Kier molecular flexibility index (Phi) is 3.52. The van der Waals surface area contributed by atoms with Gasteiger partial charge in [0.05, 0.1) is 12.1 Å². The minimum Gasteiger partial charge on any atom is -0.387 e. The topological polar surface area (TPSA) is 61.6 Å². The molecule has 2 fully saturated rings. The number of β-amino-alcohol motifs (C(OH)–C–C–N with tert-alkyl or cyclic N) is 1. The Morgan fingerprint density at radius 3 is 2.80 bits per heavy atom. The molecule has 6 nitrogen and oxygen atoms in total. The van der Waals surface area contributed by atoms with Gasteiger partial charge in [-0.2, -0.15) is 0 Å². The number of aliphatic hydroxyl groups is 1. The monoisotopic (exact) mass is 278 g/mol. The number of imidazole rings is 1. The molecule has 6 heteroatoms. The van der Waals surface area contributed by atoms with Gasteiger partial charge in [0.1, 0.15) is 0 Å². The van der Waals surface area contributed by atoms with E-state index in [1.807, 2.05) is 7.05 Å². The first-order valence-electron chi connectivity index (χ1n) is 7.29. The van der Waals surface area contributed by atoms with Crippen LogP contribution in [0.15, 0.2) is 12.4 Å². The molecule has 1 aromatic rings. The maximum atomic E-state index is 12.4. The second-order valence-corrected chi connectivity index (χ2v) is 6.05. The van der Waals surface area contributed by atoms with Gasteiger partial charge in [-0.25, -0.2) is 4.98 Å². The van der Waals surface area contributed by atoms with Gasteiger partial charge in [0.2, 0.25) is 0 Å². The molecule has 0 aliphatic carbocycles. The fraction of sp³-hybridized carbons (Fsp3) is 0.714. The van der Waals surface area contributed by atoms with Gasteiger partial charge >= 0.3 is 0 Å². The highest BCUT2D eigenvalue weighted by molar-refractivity contribution is 5.91. The fourth-order valence-electron chi connectivity index (χ4n) is 3.23. The van der Waals surface area contributed by atoms with Gasteiger partial charge < -0.3 is 19.5 Å². The minimum atomic E-state index is -0.759. The van der Waals surface area contributed by atoms with Crippen molar-refractivity contribution in [3.8, 4) is 0 Å². The quantitative estimate of drug-likeness (QED) is 0.851. The lowest BCUT2D eigenvalue weighted by molar-refractivity contribution is 0.0173. The largest absolute Gasteiger partial charge is 0.387 e. The number of aromatic nitrogens is 2. The number of rotatable bonds is 3. The van der Waals surface area contributed by atoms with Gasteiger partial charge in [0, 0.05) is 32.5 Å². The van der Waals surface area contributed by atoms with Crippen molar-refractivity contribution >= 4 is 5.91 Å². The maximum Gasteiger partial charge on any atom is 0.289 e. The van der Waals surface area contributed by atoms with E-state index in [4.69, 9.17) is 0 Å². The van der Waals surface area contributed by atoms with Crippen LogP contribution in [-0.2, 0) is 7.05 Å². The smallest absolute Gasteiger partial charge is 0.289 e. The molecule has 0 spiro atoms. The molecule has 2 saturated heterocycles. The van der Waals surface area contributed by atoms with Crippen LogP contribution in [0.25, 0.3) is 0 Å². The van der Waals surface area contributed by atoms with E-state index in [0.29, 0.717) is 31.9 Å². The molecule has 0 unspecified atom stereocenters. The van der Waals surface area contributed by atoms with Crippen molar-refractivity contribution in [1.29, 1.82) is 0 Å². The number of carbonyl (C=O) groups excluding carboxylic acids is 1. The third-order valence-corrected chi connectivity index (χ3v) is 4.35. The summed E-state index contributed by atoms with van der Waals surface area (Å²) in [5.41, 5.74) is -0.759. The average Bonchev–Trinajstić information content (AvgIpc) is 3.11. The summed E-state index contributed by atoms with van der Waals surface area (Å²) < 4.78 is 1.72. The van der Waals surface area contributed by atoms with Crippen molar-refractivity contribution < 1.29 is 9.90 Å². The molecule has 0 saturated carbocycles. The third kappa shape index (κ3) is 2.58. The number of amides is 1. The zero-order chi connectivity index (χ0) is 14.2. The van der Waals surface area contributed by atoms with E-state index in [1.54, 1.807) is 21.9 Å².